The first-order valence-electron chi connectivity index (χ1n) is 5.66. The van der Waals surface area contributed by atoms with E-state index < -0.39 is 0 Å². The summed E-state index contributed by atoms with van der Waals surface area (Å²) < 4.78 is 16.2. The number of furan rings is 2. The van der Waals surface area contributed by atoms with Crippen LogP contribution in [0.4, 0.5) is 0 Å². The van der Waals surface area contributed by atoms with E-state index in [-0.39, 0.29) is 6.04 Å². The van der Waals surface area contributed by atoms with Crippen LogP contribution in [-0.4, -0.2) is 7.11 Å². The fraction of sp³-hybridized carbons (Fsp3) is 0.385. The Labute approximate surface area is 100 Å². The molecule has 0 saturated carbocycles. The molecule has 1 atom stereocenters. The molecule has 0 spiro atoms. The van der Waals surface area contributed by atoms with Crippen LogP contribution in [0.5, 0.6) is 0 Å². The van der Waals surface area contributed by atoms with Gasteiger partial charge in [0.25, 0.3) is 0 Å². The summed E-state index contributed by atoms with van der Waals surface area (Å²) in [6.07, 6.45) is 0.861. The number of nitrogens with two attached hydrogens (primary N) is 1. The van der Waals surface area contributed by atoms with E-state index in [0.717, 1.165) is 23.7 Å². The number of rotatable bonds is 5. The summed E-state index contributed by atoms with van der Waals surface area (Å²) in [7, 11) is 1.63. The van der Waals surface area contributed by atoms with Gasteiger partial charge in [-0.05, 0) is 24.3 Å². The molecule has 4 heteroatoms. The lowest BCUT2D eigenvalue weighted by atomic mass is 10.2. The van der Waals surface area contributed by atoms with Crippen molar-refractivity contribution in [2.75, 3.05) is 7.11 Å². The summed E-state index contributed by atoms with van der Waals surface area (Å²) >= 11 is 0. The SMILES string of the molecule is CCc1ccc(C(N)c2ccc(COC)o2)o1. The predicted molar refractivity (Wildman–Crippen MR) is 63.5 cm³/mol. The van der Waals surface area contributed by atoms with Crippen molar-refractivity contribution in [1.82, 2.24) is 0 Å². The second-order valence-corrected chi connectivity index (χ2v) is 3.87. The molecular weight excluding hydrogens is 218 g/mol. The van der Waals surface area contributed by atoms with Gasteiger partial charge in [-0.25, -0.2) is 0 Å². The van der Waals surface area contributed by atoms with Gasteiger partial charge in [-0.15, -0.1) is 0 Å². The molecule has 0 fully saturated rings. The van der Waals surface area contributed by atoms with Crippen molar-refractivity contribution in [2.45, 2.75) is 26.0 Å². The average molecular weight is 235 g/mol. The van der Waals surface area contributed by atoms with Gasteiger partial charge in [0.1, 0.15) is 35.7 Å². The Kier molecular flexibility index (Phi) is 3.66. The molecule has 4 nitrogen and oxygen atoms in total. The normalized spacial score (nSPS) is 12.9. The van der Waals surface area contributed by atoms with Gasteiger partial charge in [-0.3, -0.25) is 0 Å². The maximum Gasteiger partial charge on any atom is 0.129 e. The molecule has 0 aromatic carbocycles. The molecule has 0 aliphatic rings. The smallest absolute Gasteiger partial charge is 0.129 e. The van der Waals surface area contributed by atoms with Crippen molar-refractivity contribution in [1.29, 1.82) is 0 Å². The second kappa shape index (κ2) is 5.21. The highest BCUT2D eigenvalue weighted by molar-refractivity contribution is 5.21. The van der Waals surface area contributed by atoms with Crippen LogP contribution in [0.2, 0.25) is 0 Å². The summed E-state index contributed by atoms with van der Waals surface area (Å²) in [6, 6.07) is 7.19. The number of hydrogen-bond donors (Lipinski definition) is 1. The van der Waals surface area contributed by atoms with Crippen molar-refractivity contribution in [3.8, 4) is 0 Å². The number of ether oxygens (including phenoxy) is 1. The predicted octanol–water partition coefficient (Wildman–Crippen LogP) is 2.63. The average Bonchev–Trinajstić information content (AvgIpc) is 2.97. The molecule has 2 aromatic rings. The van der Waals surface area contributed by atoms with Crippen molar-refractivity contribution in [3.05, 3.63) is 47.3 Å². The number of aryl methyl sites for hydroxylation is 1. The van der Waals surface area contributed by atoms with Crippen LogP contribution < -0.4 is 5.73 Å². The van der Waals surface area contributed by atoms with Crippen LogP contribution >= 0.6 is 0 Å². The molecule has 1 unspecified atom stereocenters. The van der Waals surface area contributed by atoms with E-state index in [0.29, 0.717) is 12.4 Å². The summed E-state index contributed by atoms with van der Waals surface area (Å²) in [5.41, 5.74) is 6.07. The minimum Gasteiger partial charge on any atom is -0.464 e. The van der Waals surface area contributed by atoms with Crippen molar-refractivity contribution < 1.29 is 13.6 Å². The van der Waals surface area contributed by atoms with Crippen molar-refractivity contribution >= 4 is 0 Å². The zero-order valence-corrected chi connectivity index (χ0v) is 10.1. The first-order valence-corrected chi connectivity index (χ1v) is 5.66. The van der Waals surface area contributed by atoms with Gasteiger partial charge in [0.2, 0.25) is 0 Å². The molecular formula is C13H17NO3. The van der Waals surface area contributed by atoms with E-state index >= 15 is 0 Å². The highest BCUT2D eigenvalue weighted by Gasteiger charge is 2.16. The Morgan fingerprint density at radius 3 is 2.24 bits per heavy atom. The standard InChI is InChI=1S/C13H17NO3/c1-3-9-4-6-11(16-9)13(14)12-7-5-10(17-12)8-15-2/h4-7,13H,3,8,14H2,1-2H3. The molecule has 2 N–H and O–H groups in total. The maximum absolute atomic E-state index is 6.07. The third kappa shape index (κ3) is 2.60. The van der Waals surface area contributed by atoms with Gasteiger partial charge in [-0.2, -0.15) is 0 Å². The lowest BCUT2D eigenvalue weighted by Crippen LogP contribution is -2.09. The zero-order chi connectivity index (χ0) is 12.3. The summed E-state index contributed by atoms with van der Waals surface area (Å²) in [5, 5.41) is 0. The molecule has 17 heavy (non-hydrogen) atoms. The molecule has 0 aliphatic carbocycles. The van der Waals surface area contributed by atoms with E-state index in [1.807, 2.05) is 31.2 Å². The van der Waals surface area contributed by atoms with Gasteiger partial charge in [0, 0.05) is 13.5 Å². The fourth-order valence-corrected chi connectivity index (χ4v) is 1.67. The van der Waals surface area contributed by atoms with Gasteiger partial charge >= 0.3 is 0 Å². The minimum atomic E-state index is -0.360. The Morgan fingerprint density at radius 2 is 1.71 bits per heavy atom. The minimum absolute atomic E-state index is 0.360. The van der Waals surface area contributed by atoms with E-state index in [4.69, 9.17) is 19.3 Å². The van der Waals surface area contributed by atoms with Crippen LogP contribution in [-0.2, 0) is 17.8 Å². The molecule has 2 aromatic heterocycles. The van der Waals surface area contributed by atoms with Crippen LogP contribution in [0.1, 0.15) is 36.0 Å². The highest BCUT2D eigenvalue weighted by atomic mass is 16.5. The monoisotopic (exact) mass is 235 g/mol. The molecule has 0 radical (unpaired) electrons. The molecule has 0 amide bonds. The van der Waals surface area contributed by atoms with Gasteiger partial charge in [0.05, 0.1) is 0 Å². The molecule has 2 rings (SSSR count). The van der Waals surface area contributed by atoms with E-state index in [2.05, 4.69) is 0 Å². The zero-order valence-electron chi connectivity index (χ0n) is 10.1. The molecule has 2 heterocycles. The van der Waals surface area contributed by atoms with E-state index in [1.54, 1.807) is 7.11 Å². The lowest BCUT2D eigenvalue weighted by Gasteiger charge is -2.05. The lowest BCUT2D eigenvalue weighted by molar-refractivity contribution is 0.162. The topological polar surface area (TPSA) is 61.5 Å². The second-order valence-electron chi connectivity index (χ2n) is 3.87. The fourth-order valence-electron chi connectivity index (χ4n) is 1.67. The largest absolute Gasteiger partial charge is 0.464 e. The van der Waals surface area contributed by atoms with E-state index in [9.17, 15) is 0 Å². The Bertz CT molecular complexity index is 472. The Hall–Kier alpha value is -1.52. The van der Waals surface area contributed by atoms with Crippen LogP contribution in [0.3, 0.4) is 0 Å². The van der Waals surface area contributed by atoms with Gasteiger partial charge in [0.15, 0.2) is 0 Å². The maximum atomic E-state index is 6.07. The van der Waals surface area contributed by atoms with Crippen LogP contribution in [0, 0.1) is 0 Å². The summed E-state index contributed by atoms with van der Waals surface area (Å²) in [4.78, 5) is 0. The Balaban J connectivity index is 2.14. The summed E-state index contributed by atoms with van der Waals surface area (Å²) in [6.45, 7) is 2.49. The summed E-state index contributed by atoms with van der Waals surface area (Å²) in [5.74, 6) is 3.11. The molecule has 92 valence electrons. The number of hydrogen-bond acceptors (Lipinski definition) is 4. The van der Waals surface area contributed by atoms with Gasteiger partial charge in [-0.1, -0.05) is 6.92 Å². The van der Waals surface area contributed by atoms with E-state index in [1.165, 1.54) is 0 Å². The molecule has 0 saturated heterocycles. The van der Waals surface area contributed by atoms with Gasteiger partial charge < -0.3 is 19.3 Å². The first-order chi connectivity index (χ1) is 8.24. The Morgan fingerprint density at radius 1 is 1.12 bits per heavy atom. The van der Waals surface area contributed by atoms with Crippen LogP contribution in [0.15, 0.2) is 33.1 Å². The molecule has 0 bridgehead atoms. The van der Waals surface area contributed by atoms with Crippen LogP contribution in [0.25, 0.3) is 0 Å². The first kappa shape index (κ1) is 12.0. The third-order valence-electron chi connectivity index (χ3n) is 2.61. The third-order valence-corrected chi connectivity index (χ3v) is 2.61. The van der Waals surface area contributed by atoms with Crippen molar-refractivity contribution in [3.63, 3.8) is 0 Å². The molecule has 0 aliphatic heterocycles. The number of methoxy groups -OCH3 is 1. The quantitative estimate of drug-likeness (QED) is 0.865. The highest BCUT2D eigenvalue weighted by Crippen LogP contribution is 2.24. The van der Waals surface area contributed by atoms with Crippen molar-refractivity contribution in [2.24, 2.45) is 5.73 Å².